The molecule has 0 saturated heterocycles. The Balaban J connectivity index is 2.17. The van der Waals surface area contributed by atoms with Crippen LogP contribution in [0.2, 0.25) is 0 Å². The lowest BCUT2D eigenvalue weighted by Crippen LogP contribution is -2.27. The van der Waals surface area contributed by atoms with Gasteiger partial charge < -0.3 is 10.4 Å². The van der Waals surface area contributed by atoms with Crippen molar-refractivity contribution in [3.8, 4) is 5.75 Å². The molecule has 2 rings (SSSR count). The number of phenols is 1. The van der Waals surface area contributed by atoms with Gasteiger partial charge in [0.05, 0.1) is 0 Å². The third-order valence-electron chi connectivity index (χ3n) is 2.55. The number of aromatic hydroxyl groups is 1. The van der Waals surface area contributed by atoms with Crippen LogP contribution in [-0.4, -0.2) is 17.6 Å². The van der Waals surface area contributed by atoms with E-state index in [0.29, 0.717) is 12.5 Å². The van der Waals surface area contributed by atoms with Crippen LogP contribution in [-0.2, 0) is 0 Å². The SMILES string of the molecule is O=C(NCC1CC1)c1c(F)ccc(O)c1F. The number of hydrogen-bond donors (Lipinski definition) is 2. The minimum Gasteiger partial charge on any atom is -0.505 e. The first kappa shape index (κ1) is 10.9. The Bertz CT molecular complexity index is 430. The summed E-state index contributed by atoms with van der Waals surface area (Å²) in [4.78, 5) is 11.5. The zero-order valence-electron chi connectivity index (χ0n) is 8.46. The van der Waals surface area contributed by atoms with Crippen LogP contribution in [0.5, 0.6) is 5.75 Å². The maximum atomic E-state index is 13.3. The highest BCUT2D eigenvalue weighted by atomic mass is 19.1. The molecule has 1 aromatic carbocycles. The summed E-state index contributed by atoms with van der Waals surface area (Å²) in [5.41, 5.74) is -0.722. The third-order valence-corrected chi connectivity index (χ3v) is 2.55. The minimum absolute atomic E-state index is 0.424. The first-order valence-electron chi connectivity index (χ1n) is 5.04. The summed E-state index contributed by atoms with van der Waals surface area (Å²) in [6, 6.07) is 1.74. The van der Waals surface area contributed by atoms with E-state index in [1.54, 1.807) is 0 Å². The van der Waals surface area contributed by atoms with Crippen LogP contribution in [0.1, 0.15) is 23.2 Å². The molecule has 0 aliphatic heterocycles. The molecule has 86 valence electrons. The molecule has 1 saturated carbocycles. The Morgan fingerprint density at radius 2 is 2.12 bits per heavy atom. The van der Waals surface area contributed by atoms with Crippen molar-refractivity contribution in [3.05, 3.63) is 29.3 Å². The van der Waals surface area contributed by atoms with E-state index in [9.17, 15) is 13.6 Å². The molecule has 0 bridgehead atoms. The smallest absolute Gasteiger partial charge is 0.257 e. The molecule has 1 amide bonds. The number of carbonyl (C=O) groups is 1. The van der Waals surface area contributed by atoms with E-state index in [1.807, 2.05) is 0 Å². The number of carbonyl (C=O) groups excluding carboxylic acids is 1. The number of benzene rings is 1. The lowest BCUT2D eigenvalue weighted by molar-refractivity contribution is 0.0942. The van der Waals surface area contributed by atoms with Gasteiger partial charge in [-0.15, -0.1) is 0 Å². The Morgan fingerprint density at radius 3 is 2.75 bits per heavy atom. The van der Waals surface area contributed by atoms with Crippen LogP contribution >= 0.6 is 0 Å². The molecular weight excluding hydrogens is 216 g/mol. The second-order valence-corrected chi connectivity index (χ2v) is 3.91. The van der Waals surface area contributed by atoms with E-state index in [1.165, 1.54) is 0 Å². The van der Waals surface area contributed by atoms with Crippen LogP contribution in [0.4, 0.5) is 8.78 Å². The average Bonchev–Trinajstić information content (AvgIpc) is 3.05. The molecule has 5 heteroatoms. The molecule has 0 aromatic heterocycles. The molecule has 0 unspecified atom stereocenters. The molecule has 1 aromatic rings. The zero-order chi connectivity index (χ0) is 11.7. The van der Waals surface area contributed by atoms with Crippen molar-refractivity contribution in [2.24, 2.45) is 5.92 Å². The normalized spacial score (nSPS) is 14.9. The molecule has 3 nitrogen and oxygen atoms in total. The van der Waals surface area contributed by atoms with Crippen molar-refractivity contribution in [1.29, 1.82) is 0 Å². The number of rotatable bonds is 3. The lowest BCUT2D eigenvalue weighted by atomic mass is 10.1. The van der Waals surface area contributed by atoms with Crippen LogP contribution in [0.15, 0.2) is 12.1 Å². The van der Waals surface area contributed by atoms with Gasteiger partial charge in [0, 0.05) is 6.54 Å². The molecular formula is C11H11F2NO2. The standard InChI is InChI=1S/C11H11F2NO2/c12-7-3-4-8(15)10(13)9(7)11(16)14-5-6-1-2-6/h3-4,6,15H,1-2,5H2,(H,14,16). The predicted molar refractivity (Wildman–Crippen MR) is 53.1 cm³/mol. The molecule has 0 spiro atoms. The maximum Gasteiger partial charge on any atom is 0.257 e. The Hall–Kier alpha value is -1.65. The summed E-state index contributed by atoms with van der Waals surface area (Å²) in [6.07, 6.45) is 2.07. The largest absolute Gasteiger partial charge is 0.505 e. The Labute approximate surface area is 91.1 Å². The van der Waals surface area contributed by atoms with Crippen molar-refractivity contribution < 1.29 is 18.7 Å². The number of halogens is 2. The molecule has 0 atom stereocenters. The summed E-state index contributed by atoms with van der Waals surface area (Å²) >= 11 is 0. The van der Waals surface area contributed by atoms with Gasteiger partial charge in [0.2, 0.25) is 0 Å². The number of hydrogen-bond acceptors (Lipinski definition) is 2. The summed E-state index contributed by atoms with van der Waals surface area (Å²) in [6.45, 7) is 0.424. The molecule has 1 aliphatic carbocycles. The summed E-state index contributed by atoms with van der Waals surface area (Å²) < 4.78 is 26.5. The fraction of sp³-hybridized carbons (Fsp3) is 0.364. The van der Waals surface area contributed by atoms with E-state index in [0.717, 1.165) is 25.0 Å². The average molecular weight is 227 g/mol. The zero-order valence-corrected chi connectivity index (χ0v) is 8.46. The molecule has 0 heterocycles. The third kappa shape index (κ3) is 2.13. The van der Waals surface area contributed by atoms with Gasteiger partial charge in [0.15, 0.2) is 11.6 Å². The summed E-state index contributed by atoms with van der Waals surface area (Å²) in [5, 5.41) is 11.5. The quantitative estimate of drug-likeness (QED) is 0.827. The van der Waals surface area contributed by atoms with Crippen LogP contribution in [0, 0.1) is 17.6 Å². The highest BCUT2D eigenvalue weighted by Crippen LogP contribution is 2.28. The van der Waals surface area contributed by atoms with Gasteiger partial charge >= 0.3 is 0 Å². The van der Waals surface area contributed by atoms with E-state index in [2.05, 4.69) is 5.32 Å². The number of nitrogens with one attached hydrogen (secondary N) is 1. The van der Waals surface area contributed by atoms with E-state index in [-0.39, 0.29) is 0 Å². The monoisotopic (exact) mass is 227 g/mol. The van der Waals surface area contributed by atoms with Gasteiger partial charge in [0.1, 0.15) is 11.4 Å². The maximum absolute atomic E-state index is 13.3. The van der Waals surface area contributed by atoms with Gasteiger partial charge in [-0.25, -0.2) is 8.78 Å². The van der Waals surface area contributed by atoms with Gasteiger partial charge in [0.25, 0.3) is 5.91 Å². The summed E-state index contributed by atoms with van der Waals surface area (Å²) in [7, 11) is 0. The first-order chi connectivity index (χ1) is 7.59. The van der Waals surface area contributed by atoms with Gasteiger partial charge in [-0.2, -0.15) is 0 Å². The number of amides is 1. The van der Waals surface area contributed by atoms with Crippen molar-refractivity contribution in [2.75, 3.05) is 6.54 Å². The summed E-state index contributed by atoms with van der Waals surface area (Å²) in [5.74, 6) is -3.31. The van der Waals surface area contributed by atoms with E-state index < -0.39 is 28.9 Å². The van der Waals surface area contributed by atoms with Crippen molar-refractivity contribution in [3.63, 3.8) is 0 Å². The topological polar surface area (TPSA) is 49.3 Å². The second-order valence-electron chi connectivity index (χ2n) is 3.91. The lowest BCUT2D eigenvalue weighted by Gasteiger charge is -2.07. The Kier molecular flexibility index (Phi) is 2.77. The first-order valence-corrected chi connectivity index (χ1v) is 5.04. The highest BCUT2D eigenvalue weighted by Gasteiger charge is 2.24. The van der Waals surface area contributed by atoms with Crippen LogP contribution < -0.4 is 5.32 Å². The highest BCUT2D eigenvalue weighted by molar-refractivity contribution is 5.95. The fourth-order valence-electron chi connectivity index (χ4n) is 1.40. The fourth-order valence-corrected chi connectivity index (χ4v) is 1.40. The van der Waals surface area contributed by atoms with Crippen molar-refractivity contribution >= 4 is 5.91 Å². The van der Waals surface area contributed by atoms with Crippen LogP contribution in [0.25, 0.3) is 0 Å². The van der Waals surface area contributed by atoms with Gasteiger partial charge in [-0.1, -0.05) is 0 Å². The molecule has 2 N–H and O–H groups in total. The molecule has 16 heavy (non-hydrogen) atoms. The predicted octanol–water partition coefficient (Wildman–Crippen LogP) is 1.81. The molecule has 1 aliphatic rings. The minimum atomic E-state index is -1.21. The molecule has 0 radical (unpaired) electrons. The van der Waals surface area contributed by atoms with Crippen molar-refractivity contribution in [1.82, 2.24) is 5.32 Å². The van der Waals surface area contributed by atoms with Crippen molar-refractivity contribution in [2.45, 2.75) is 12.8 Å². The van der Waals surface area contributed by atoms with E-state index >= 15 is 0 Å². The second kappa shape index (κ2) is 4.08. The molecule has 1 fully saturated rings. The van der Waals surface area contributed by atoms with E-state index in [4.69, 9.17) is 5.11 Å². The number of phenolic OH excluding ortho intramolecular Hbond substituents is 1. The Morgan fingerprint density at radius 1 is 1.44 bits per heavy atom. The van der Waals surface area contributed by atoms with Crippen LogP contribution in [0.3, 0.4) is 0 Å². The van der Waals surface area contributed by atoms with Gasteiger partial charge in [-0.05, 0) is 30.9 Å². The van der Waals surface area contributed by atoms with Gasteiger partial charge in [-0.3, -0.25) is 4.79 Å².